The van der Waals surface area contributed by atoms with E-state index < -0.39 is 30.4 Å². The third-order valence-electron chi connectivity index (χ3n) is 2.03. The molecule has 0 spiro atoms. The minimum Gasteiger partial charge on any atom is -0.480 e. The van der Waals surface area contributed by atoms with Crippen molar-refractivity contribution in [1.29, 1.82) is 0 Å². The number of aliphatic carboxylic acids is 1. The van der Waals surface area contributed by atoms with Crippen molar-refractivity contribution in [2.24, 2.45) is 5.92 Å². The Labute approximate surface area is 104 Å². The van der Waals surface area contributed by atoms with Crippen LogP contribution in [-0.2, 0) is 19.2 Å². The maximum atomic E-state index is 11.6. The highest BCUT2D eigenvalue weighted by molar-refractivity contribution is 5.90. The predicted molar refractivity (Wildman–Crippen MR) is 61.5 cm³/mol. The molecule has 4 N–H and O–H groups in total. The van der Waals surface area contributed by atoms with E-state index >= 15 is 0 Å². The van der Waals surface area contributed by atoms with Gasteiger partial charge in [-0.15, -0.1) is 0 Å². The van der Waals surface area contributed by atoms with Gasteiger partial charge in [-0.05, 0) is 5.92 Å². The van der Waals surface area contributed by atoms with Crippen molar-refractivity contribution in [1.82, 2.24) is 16.0 Å². The van der Waals surface area contributed by atoms with Crippen molar-refractivity contribution in [3.63, 3.8) is 0 Å². The standard InChI is InChI=1S/C10H17N3O5/c1-6(2)9(10(18)12-4-8(16)17)13-7(15)3-11-5-14/h5-6,9H,3-4H2,1-2H3,(H,11,14)(H,12,18)(H,13,15)(H,16,17)/t9-/m0/s1. The van der Waals surface area contributed by atoms with Crippen molar-refractivity contribution in [2.75, 3.05) is 13.1 Å². The van der Waals surface area contributed by atoms with Crippen LogP contribution in [0.3, 0.4) is 0 Å². The number of amides is 3. The van der Waals surface area contributed by atoms with Gasteiger partial charge in [-0.1, -0.05) is 13.8 Å². The van der Waals surface area contributed by atoms with Crippen LogP contribution in [0.2, 0.25) is 0 Å². The first-order chi connectivity index (χ1) is 8.38. The molecular formula is C10H17N3O5. The summed E-state index contributed by atoms with van der Waals surface area (Å²) in [5.41, 5.74) is 0. The summed E-state index contributed by atoms with van der Waals surface area (Å²) in [5.74, 6) is -2.48. The number of nitrogens with one attached hydrogen (secondary N) is 3. The molecule has 0 aromatic heterocycles. The second kappa shape index (κ2) is 8.04. The summed E-state index contributed by atoms with van der Waals surface area (Å²) in [6, 6.07) is -0.842. The zero-order chi connectivity index (χ0) is 14.1. The Morgan fingerprint density at radius 2 is 1.83 bits per heavy atom. The van der Waals surface area contributed by atoms with Crippen LogP contribution in [0.4, 0.5) is 0 Å². The highest BCUT2D eigenvalue weighted by atomic mass is 16.4. The maximum absolute atomic E-state index is 11.6. The molecule has 0 aliphatic carbocycles. The van der Waals surface area contributed by atoms with Gasteiger partial charge >= 0.3 is 5.97 Å². The third kappa shape index (κ3) is 6.46. The highest BCUT2D eigenvalue weighted by Gasteiger charge is 2.24. The second-order valence-electron chi connectivity index (χ2n) is 3.90. The van der Waals surface area contributed by atoms with Crippen molar-refractivity contribution < 1.29 is 24.3 Å². The molecule has 0 saturated heterocycles. The topological polar surface area (TPSA) is 125 Å². The molecule has 3 amide bonds. The number of carboxylic acid groups (broad SMARTS) is 1. The fourth-order valence-corrected chi connectivity index (χ4v) is 1.17. The van der Waals surface area contributed by atoms with E-state index in [0.717, 1.165) is 0 Å². The van der Waals surface area contributed by atoms with Crippen LogP contribution in [0.1, 0.15) is 13.8 Å². The Bertz CT molecular complexity index is 329. The molecule has 0 heterocycles. The fourth-order valence-electron chi connectivity index (χ4n) is 1.17. The lowest BCUT2D eigenvalue weighted by molar-refractivity contribution is -0.138. The maximum Gasteiger partial charge on any atom is 0.322 e. The van der Waals surface area contributed by atoms with E-state index in [-0.39, 0.29) is 12.5 Å². The molecule has 1 atom stereocenters. The molecule has 8 heteroatoms. The molecule has 0 saturated carbocycles. The molecule has 0 fully saturated rings. The summed E-state index contributed by atoms with van der Waals surface area (Å²) < 4.78 is 0. The SMILES string of the molecule is CC(C)[C@H](NC(=O)CNC=O)C(=O)NCC(=O)O. The summed E-state index contributed by atoms with van der Waals surface area (Å²) >= 11 is 0. The fraction of sp³-hybridized carbons (Fsp3) is 0.600. The Morgan fingerprint density at radius 1 is 1.22 bits per heavy atom. The van der Waals surface area contributed by atoms with Crippen molar-refractivity contribution >= 4 is 24.2 Å². The van der Waals surface area contributed by atoms with E-state index in [4.69, 9.17) is 5.11 Å². The van der Waals surface area contributed by atoms with Crippen LogP contribution in [0, 0.1) is 5.92 Å². The van der Waals surface area contributed by atoms with Crippen molar-refractivity contribution in [2.45, 2.75) is 19.9 Å². The average Bonchev–Trinajstić information content (AvgIpc) is 2.29. The number of rotatable bonds is 8. The normalized spacial score (nSPS) is 11.5. The van der Waals surface area contributed by atoms with E-state index in [2.05, 4.69) is 16.0 Å². The highest BCUT2D eigenvalue weighted by Crippen LogP contribution is 2.01. The van der Waals surface area contributed by atoms with Crippen LogP contribution in [0.25, 0.3) is 0 Å². The number of hydrogen-bond acceptors (Lipinski definition) is 4. The van der Waals surface area contributed by atoms with Crippen molar-refractivity contribution in [3.05, 3.63) is 0 Å². The van der Waals surface area contributed by atoms with Crippen LogP contribution in [-0.4, -0.2) is 48.4 Å². The number of carbonyl (C=O) groups excluding carboxylic acids is 3. The molecule has 8 nitrogen and oxygen atoms in total. The monoisotopic (exact) mass is 259 g/mol. The summed E-state index contributed by atoms with van der Waals surface area (Å²) in [6.07, 6.45) is 0.370. The van der Waals surface area contributed by atoms with Gasteiger partial charge in [-0.3, -0.25) is 19.2 Å². The zero-order valence-corrected chi connectivity index (χ0v) is 10.2. The van der Waals surface area contributed by atoms with Crippen molar-refractivity contribution in [3.8, 4) is 0 Å². The summed E-state index contributed by atoms with van der Waals surface area (Å²) in [4.78, 5) is 43.3. The van der Waals surface area contributed by atoms with Gasteiger partial charge in [0.15, 0.2) is 0 Å². The van der Waals surface area contributed by atoms with Gasteiger partial charge in [0.05, 0.1) is 6.54 Å². The summed E-state index contributed by atoms with van der Waals surface area (Å²) in [6.45, 7) is 2.67. The molecule has 0 aliphatic rings. The first-order valence-electron chi connectivity index (χ1n) is 5.34. The lowest BCUT2D eigenvalue weighted by Gasteiger charge is -2.21. The molecule has 0 rings (SSSR count). The van der Waals surface area contributed by atoms with Gasteiger partial charge < -0.3 is 21.1 Å². The Hall–Kier alpha value is -2.12. The Kier molecular flexibility index (Phi) is 7.10. The quantitative estimate of drug-likeness (QED) is 0.378. The summed E-state index contributed by atoms with van der Waals surface area (Å²) in [7, 11) is 0. The molecule has 102 valence electrons. The lowest BCUT2D eigenvalue weighted by Crippen LogP contribution is -2.52. The number of carboxylic acids is 1. The molecule has 0 aromatic rings. The van der Waals surface area contributed by atoms with E-state index in [1.807, 2.05) is 0 Å². The molecule has 0 unspecified atom stereocenters. The molecule has 0 aliphatic heterocycles. The predicted octanol–water partition coefficient (Wildman–Crippen LogP) is -1.93. The van der Waals surface area contributed by atoms with E-state index in [1.165, 1.54) is 0 Å². The molecule has 0 bridgehead atoms. The molecule has 0 radical (unpaired) electrons. The van der Waals surface area contributed by atoms with Gasteiger partial charge in [0.1, 0.15) is 12.6 Å². The zero-order valence-electron chi connectivity index (χ0n) is 10.2. The van der Waals surface area contributed by atoms with Gasteiger partial charge in [0, 0.05) is 0 Å². The largest absolute Gasteiger partial charge is 0.480 e. The Morgan fingerprint density at radius 3 is 2.28 bits per heavy atom. The third-order valence-corrected chi connectivity index (χ3v) is 2.03. The van der Waals surface area contributed by atoms with Crippen LogP contribution >= 0.6 is 0 Å². The van der Waals surface area contributed by atoms with Gasteiger partial charge in [-0.2, -0.15) is 0 Å². The van der Waals surface area contributed by atoms with Gasteiger partial charge in [-0.25, -0.2) is 0 Å². The first kappa shape index (κ1) is 15.9. The van der Waals surface area contributed by atoms with Crippen LogP contribution in [0.15, 0.2) is 0 Å². The number of hydrogen-bond donors (Lipinski definition) is 4. The van der Waals surface area contributed by atoms with E-state index in [1.54, 1.807) is 13.8 Å². The average molecular weight is 259 g/mol. The van der Waals surface area contributed by atoms with E-state index in [0.29, 0.717) is 6.41 Å². The molecule has 18 heavy (non-hydrogen) atoms. The second-order valence-corrected chi connectivity index (χ2v) is 3.90. The lowest BCUT2D eigenvalue weighted by atomic mass is 10.0. The molecular weight excluding hydrogens is 242 g/mol. The van der Waals surface area contributed by atoms with Gasteiger partial charge in [0.2, 0.25) is 18.2 Å². The smallest absolute Gasteiger partial charge is 0.322 e. The minimum atomic E-state index is -1.17. The summed E-state index contributed by atoms with van der Waals surface area (Å²) in [5, 5.41) is 15.2. The first-order valence-corrected chi connectivity index (χ1v) is 5.34. The van der Waals surface area contributed by atoms with Crippen LogP contribution in [0.5, 0.6) is 0 Å². The minimum absolute atomic E-state index is 0.209. The van der Waals surface area contributed by atoms with Gasteiger partial charge in [0.25, 0.3) is 0 Å². The Balaban J connectivity index is 4.37. The van der Waals surface area contributed by atoms with E-state index in [9.17, 15) is 19.2 Å². The molecule has 0 aromatic carbocycles. The number of carbonyl (C=O) groups is 4. The van der Waals surface area contributed by atoms with Crippen LogP contribution < -0.4 is 16.0 Å².